The topological polar surface area (TPSA) is 56.1 Å². The van der Waals surface area contributed by atoms with E-state index < -0.39 is 0 Å². The SMILES string of the molecule is CC1CCCC(OCC(=O)NC(c2ccccc2)c2nc3ccccc3n2C)C1. The van der Waals surface area contributed by atoms with Crippen molar-refractivity contribution in [3.63, 3.8) is 0 Å². The zero-order valence-corrected chi connectivity index (χ0v) is 17.2. The van der Waals surface area contributed by atoms with Gasteiger partial charge in [0.05, 0.1) is 17.1 Å². The predicted octanol–water partition coefficient (Wildman–Crippen LogP) is 4.37. The number of para-hydroxylation sites is 2. The van der Waals surface area contributed by atoms with Crippen LogP contribution in [-0.2, 0) is 16.6 Å². The number of nitrogens with zero attached hydrogens (tertiary/aromatic N) is 2. The van der Waals surface area contributed by atoms with E-state index in [0.29, 0.717) is 5.92 Å². The molecule has 3 atom stereocenters. The fourth-order valence-corrected chi connectivity index (χ4v) is 4.29. The van der Waals surface area contributed by atoms with E-state index in [-0.39, 0.29) is 24.7 Å². The highest BCUT2D eigenvalue weighted by molar-refractivity contribution is 5.79. The average molecular weight is 392 g/mol. The fourth-order valence-electron chi connectivity index (χ4n) is 4.29. The van der Waals surface area contributed by atoms with Gasteiger partial charge in [-0.25, -0.2) is 4.98 Å². The van der Waals surface area contributed by atoms with E-state index >= 15 is 0 Å². The number of aromatic nitrogens is 2. The van der Waals surface area contributed by atoms with Gasteiger partial charge < -0.3 is 14.6 Å². The number of aryl methyl sites for hydroxylation is 1. The lowest BCUT2D eigenvalue weighted by Gasteiger charge is -2.27. The molecule has 1 N–H and O–H groups in total. The third-order valence-corrected chi connectivity index (χ3v) is 5.86. The second kappa shape index (κ2) is 8.78. The minimum atomic E-state index is -0.324. The van der Waals surface area contributed by atoms with Crippen molar-refractivity contribution in [3.05, 3.63) is 66.0 Å². The molecular weight excluding hydrogens is 362 g/mol. The highest BCUT2D eigenvalue weighted by Crippen LogP contribution is 2.27. The number of amides is 1. The Morgan fingerprint density at radius 1 is 1.17 bits per heavy atom. The molecule has 1 aliphatic rings. The number of benzene rings is 2. The standard InChI is InChI=1S/C24H29N3O2/c1-17-9-8-12-19(15-17)29-16-22(28)26-23(18-10-4-3-5-11-18)24-25-20-13-6-7-14-21(20)27(24)2/h3-7,10-11,13-14,17,19,23H,8-9,12,15-16H2,1-2H3,(H,26,28). The molecule has 0 spiro atoms. The Bertz CT molecular complexity index is 967. The van der Waals surface area contributed by atoms with Crippen molar-refractivity contribution in [1.29, 1.82) is 0 Å². The molecule has 0 aliphatic heterocycles. The minimum Gasteiger partial charge on any atom is -0.368 e. The molecule has 1 saturated carbocycles. The van der Waals surface area contributed by atoms with Gasteiger partial charge in [0.15, 0.2) is 0 Å². The van der Waals surface area contributed by atoms with Gasteiger partial charge in [-0.2, -0.15) is 0 Å². The Morgan fingerprint density at radius 2 is 1.93 bits per heavy atom. The summed E-state index contributed by atoms with van der Waals surface area (Å²) in [6.45, 7) is 2.34. The molecule has 3 aromatic rings. The Labute approximate surface area is 172 Å². The number of nitrogens with one attached hydrogen (secondary N) is 1. The van der Waals surface area contributed by atoms with Crippen LogP contribution in [0.4, 0.5) is 0 Å². The summed E-state index contributed by atoms with van der Waals surface area (Å²) in [6, 6.07) is 17.7. The second-order valence-electron chi connectivity index (χ2n) is 8.13. The van der Waals surface area contributed by atoms with Crippen LogP contribution < -0.4 is 5.32 Å². The van der Waals surface area contributed by atoms with Crippen LogP contribution in [0.15, 0.2) is 54.6 Å². The second-order valence-corrected chi connectivity index (χ2v) is 8.13. The van der Waals surface area contributed by atoms with Gasteiger partial charge in [-0.3, -0.25) is 4.79 Å². The number of carbonyl (C=O) groups excluding carboxylic acids is 1. The maximum absolute atomic E-state index is 12.8. The minimum absolute atomic E-state index is 0.0880. The van der Waals surface area contributed by atoms with E-state index in [1.807, 2.05) is 61.6 Å². The molecule has 0 saturated heterocycles. The van der Waals surface area contributed by atoms with Crippen LogP contribution in [0.3, 0.4) is 0 Å². The van der Waals surface area contributed by atoms with E-state index in [1.165, 1.54) is 12.8 Å². The molecule has 4 rings (SSSR count). The van der Waals surface area contributed by atoms with E-state index in [0.717, 1.165) is 35.3 Å². The van der Waals surface area contributed by atoms with Crippen molar-refractivity contribution >= 4 is 16.9 Å². The lowest BCUT2D eigenvalue weighted by Crippen LogP contribution is -2.35. The predicted molar refractivity (Wildman–Crippen MR) is 115 cm³/mol. The van der Waals surface area contributed by atoms with E-state index in [1.54, 1.807) is 0 Å². The maximum Gasteiger partial charge on any atom is 0.246 e. The third-order valence-electron chi connectivity index (χ3n) is 5.86. The van der Waals surface area contributed by atoms with Crippen LogP contribution in [0.25, 0.3) is 11.0 Å². The number of imidazole rings is 1. The van der Waals surface area contributed by atoms with Crippen LogP contribution in [-0.4, -0.2) is 28.2 Å². The third kappa shape index (κ3) is 4.51. The molecule has 3 unspecified atom stereocenters. The van der Waals surface area contributed by atoms with Gasteiger partial charge in [0.2, 0.25) is 5.91 Å². The monoisotopic (exact) mass is 391 g/mol. The highest BCUT2D eigenvalue weighted by atomic mass is 16.5. The van der Waals surface area contributed by atoms with Crippen molar-refractivity contribution in [2.24, 2.45) is 13.0 Å². The number of fused-ring (bicyclic) bond motifs is 1. The number of hydrogen-bond donors (Lipinski definition) is 1. The molecule has 1 amide bonds. The van der Waals surface area contributed by atoms with Gasteiger partial charge in [-0.05, 0) is 36.5 Å². The molecule has 1 aliphatic carbocycles. The smallest absolute Gasteiger partial charge is 0.246 e. The number of ether oxygens (including phenoxy) is 1. The molecule has 5 nitrogen and oxygen atoms in total. The molecular formula is C24H29N3O2. The summed E-state index contributed by atoms with van der Waals surface area (Å²) in [5.41, 5.74) is 2.98. The van der Waals surface area contributed by atoms with Crippen molar-refractivity contribution in [2.45, 2.75) is 44.8 Å². The Hall–Kier alpha value is -2.66. The van der Waals surface area contributed by atoms with Crippen molar-refractivity contribution < 1.29 is 9.53 Å². The van der Waals surface area contributed by atoms with Crippen molar-refractivity contribution in [1.82, 2.24) is 14.9 Å². The summed E-state index contributed by atoms with van der Waals surface area (Å²) in [5.74, 6) is 1.38. The Morgan fingerprint density at radius 3 is 2.69 bits per heavy atom. The van der Waals surface area contributed by atoms with Gasteiger partial charge in [0, 0.05) is 7.05 Å². The molecule has 1 fully saturated rings. The van der Waals surface area contributed by atoms with Crippen LogP contribution >= 0.6 is 0 Å². The number of carbonyl (C=O) groups is 1. The first-order chi connectivity index (χ1) is 14.1. The quantitative estimate of drug-likeness (QED) is 0.679. The van der Waals surface area contributed by atoms with Gasteiger partial charge >= 0.3 is 0 Å². The zero-order chi connectivity index (χ0) is 20.2. The first kappa shape index (κ1) is 19.6. The Kier molecular flexibility index (Phi) is 5.95. The summed E-state index contributed by atoms with van der Waals surface area (Å²) in [7, 11) is 1.99. The first-order valence-electron chi connectivity index (χ1n) is 10.5. The molecule has 1 aromatic heterocycles. The summed E-state index contributed by atoms with van der Waals surface area (Å²) in [5, 5.41) is 3.15. The molecule has 0 bridgehead atoms. The van der Waals surface area contributed by atoms with Crippen LogP contribution in [0.2, 0.25) is 0 Å². The molecule has 0 radical (unpaired) electrons. The van der Waals surface area contributed by atoms with Crippen molar-refractivity contribution in [3.8, 4) is 0 Å². The largest absolute Gasteiger partial charge is 0.368 e. The summed E-state index contributed by atoms with van der Waals surface area (Å²) in [4.78, 5) is 17.6. The summed E-state index contributed by atoms with van der Waals surface area (Å²) >= 11 is 0. The Balaban J connectivity index is 1.53. The van der Waals surface area contributed by atoms with Gasteiger partial charge in [-0.1, -0.05) is 62.2 Å². The molecule has 5 heteroatoms. The fraction of sp³-hybridized carbons (Fsp3) is 0.417. The van der Waals surface area contributed by atoms with Crippen LogP contribution in [0.1, 0.15) is 50.0 Å². The number of rotatable bonds is 6. The van der Waals surface area contributed by atoms with E-state index in [2.05, 4.69) is 16.8 Å². The number of hydrogen-bond acceptors (Lipinski definition) is 3. The van der Waals surface area contributed by atoms with Gasteiger partial charge in [0.1, 0.15) is 18.5 Å². The normalized spacial score (nSPS) is 20.5. The van der Waals surface area contributed by atoms with Gasteiger partial charge in [-0.15, -0.1) is 0 Å². The lowest BCUT2D eigenvalue weighted by atomic mass is 9.89. The highest BCUT2D eigenvalue weighted by Gasteiger charge is 2.24. The molecule has 1 heterocycles. The summed E-state index contributed by atoms with van der Waals surface area (Å²) in [6.07, 6.45) is 4.72. The van der Waals surface area contributed by atoms with E-state index in [4.69, 9.17) is 9.72 Å². The van der Waals surface area contributed by atoms with Crippen LogP contribution in [0, 0.1) is 5.92 Å². The van der Waals surface area contributed by atoms with Gasteiger partial charge in [0.25, 0.3) is 0 Å². The molecule has 2 aromatic carbocycles. The maximum atomic E-state index is 12.8. The zero-order valence-electron chi connectivity index (χ0n) is 17.2. The molecule has 29 heavy (non-hydrogen) atoms. The lowest BCUT2D eigenvalue weighted by molar-refractivity contribution is -0.129. The van der Waals surface area contributed by atoms with Crippen molar-refractivity contribution in [2.75, 3.05) is 6.61 Å². The molecule has 152 valence electrons. The van der Waals surface area contributed by atoms with Crippen LogP contribution in [0.5, 0.6) is 0 Å². The average Bonchev–Trinajstić information content (AvgIpc) is 3.08. The first-order valence-corrected chi connectivity index (χ1v) is 10.5. The summed E-state index contributed by atoms with van der Waals surface area (Å²) < 4.78 is 7.99. The van der Waals surface area contributed by atoms with E-state index in [9.17, 15) is 4.79 Å².